The number of carbonyl (C=O) groups excluding carboxylic acids is 1. The molecular weight excluding hydrogens is 352 g/mol. The average molecular weight is 374 g/mol. The van der Waals surface area contributed by atoms with E-state index in [9.17, 15) is 13.2 Å². The zero-order valence-corrected chi connectivity index (χ0v) is 15.4. The van der Waals surface area contributed by atoms with Crippen molar-refractivity contribution in [2.45, 2.75) is 12.5 Å². The monoisotopic (exact) mass is 374 g/mol. The van der Waals surface area contributed by atoms with Gasteiger partial charge in [-0.2, -0.15) is 0 Å². The van der Waals surface area contributed by atoms with Gasteiger partial charge in [-0.05, 0) is 29.3 Å². The van der Waals surface area contributed by atoms with Gasteiger partial charge in [0.15, 0.2) is 0 Å². The van der Waals surface area contributed by atoms with Gasteiger partial charge in [0.05, 0.1) is 18.7 Å². The maximum absolute atomic E-state index is 12.9. The molecule has 0 bridgehead atoms. The van der Waals surface area contributed by atoms with E-state index in [0.717, 1.165) is 23.9 Å². The van der Waals surface area contributed by atoms with Gasteiger partial charge in [-0.1, -0.05) is 18.2 Å². The smallest absolute Gasteiger partial charge is 0.229 e. The molecule has 26 heavy (non-hydrogen) atoms. The number of benzene rings is 1. The Labute approximate surface area is 153 Å². The van der Waals surface area contributed by atoms with E-state index >= 15 is 0 Å². The first kappa shape index (κ1) is 18.3. The number of amides is 1. The molecule has 7 nitrogen and oxygen atoms in total. The number of nitrogens with one attached hydrogen (secondary N) is 2. The molecule has 8 heteroatoms. The van der Waals surface area contributed by atoms with Crippen LogP contribution in [0, 0.1) is 0 Å². The summed E-state index contributed by atoms with van der Waals surface area (Å²) in [7, 11) is -3.35. The Bertz CT molecular complexity index is 871. The second-order valence-electron chi connectivity index (χ2n) is 6.34. The van der Waals surface area contributed by atoms with E-state index in [0.29, 0.717) is 18.8 Å². The molecule has 1 aliphatic rings. The fourth-order valence-electron chi connectivity index (χ4n) is 3.11. The third-order valence-corrected chi connectivity index (χ3v) is 4.82. The minimum Gasteiger partial charge on any atom is -0.333 e. The van der Waals surface area contributed by atoms with E-state index in [1.165, 1.54) is 0 Å². The van der Waals surface area contributed by atoms with Gasteiger partial charge in [0, 0.05) is 37.7 Å². The highest BCUT2D eigenvalue weighted by atomic mass is 32.2. The van der Waals surface area contributed by atoms with Crippen LogP contribution in [-0.4, -0.2) is 50.1 Å². The standard InChI is InChI=1S/C18H22N4O3S/c1-26(24,25)21-16-6-2-4-14(10-16)11-18(23)22-9-8-20-13-17(22)15-5-3-7-19-12-15/h2-7,10,12,17,20-21H,8-9,11,13H2,1H3. The number of carbonyl (C=O) groups is 1. The molecule has 1 fully saturated rings. The lowest BCUT2D eigenvalue weighted by Gasteiger charge is -2.36. The summed E-state index contributed by atoms with van der Waals surface area (Å²) < 4.78 is 25.2. The minimum atomic E-state index is -3.35. The first-order valence-corrected chi connectivity index (χ1v) is 10.3. The quantitative estimate of drug-likeness (QED) is 0.820. The van der Waals surface area contributed by atoms with E-state index in [-0.39, 0.29) is 18.4 Å². The van der Waals surface area contributed by atoms with Crippen molar-refractivity contribution >= 4 is 21.6 Å². The second kappa shape index (κ2) is 7.84. The highest BCUT2D eigenvalue weighted by Crippen LogP contribution is 2.23. The number of hydrogen-bond donors (Lipinski definition) is 2. The number of sulfonamides is 1. The summed E-state index contributed by atoms with van der Waals surface area (Å²) in [5.41, 5.74) is 2.23. The molecule has 2 heterocycles. The van der Waals surface area contributed by atoms with Gasteiger partial charge in [-0.15, -0.1) is 0 Å². The third-order valence-electron chi connectivity index (χ3n) is 4.22. The van der Waals surface area contributed by atoms with Crippen LogP contribution in [0.3, 0.4) is 0 Å². The van der Waals surface area contributed by atoms with E-state index < -0.39 is 10.0 Å². The first-order chi connectivity index (χ1) is 12.4. The Balaban J connectivity index is 1.75. The number of pyridine rings is 1. The van der Waals surface area contributed by atoms with Crippen molar-refractivity contribution < 1.29 is 13.2 Å². The van der Waals surface area contributed by atoms with Crippen LogP contribution in [0.4, 0.5) is 5.69 Å². The Morgan fingerprint density at radius 3 is 2.92 bits per heavy atom. The van der Waals surface area contributed by atoms with Crippen LogP contribution in [0.2, 0.25) is 0 Å². The number of rotatable bonds is 5. The van der Waals surface area contributed by atoms with E-state index in [1.807, 2.05) is 23.1 Å². The van der Waals surface area contributed by atoms with Crippen LogP contribution in [0.5, 0.6) is 0 Å². The van der Waals surface area contributed by atoms with Crippen molar-refractivity contribution in [1.82, 2.24) is 15.2 Å². The Hall–Kier alpha value is -2.45. The molecule has 1 amide bonds. The van der Waals surface area contributed by atoms with Crippen molar-refractivity contribution in [2.24, 2.45) is 0 Å². The van der Waals surface area contributed by atoms with Crippen LogP contribution in [0.1, 0.15) is 17.2 Å². The summed E-state index contributed by atoms with van der Waals surface area (Å²) in [6, 6.07) is 10.7. The number of anilines is 1. The molecule has 1 aromatic carbocycles. The van der Waals surface area contributed by atoms with Crippen LogP contribution < -0.4 is 10.0 Å². The zero-order chi connectivity index (χ0) is 18.6. The molecular formula is C18H22N4O3S. The van der Waals surface area contributed by atoms with Gasteiger partial charge in [0.1, 0.15) is 0 Å². The molecule has 1 aliphatic heterocycles. The van der Waals surface area contributed by atoms with Crippen LogP contribution in [0.15, 0.2) is 48.8 Å². The Morgan fingerprint density at radius 2 is 2.19 bits per heavy atom. The van der Waals surface area contributed by atoms with Crippen molar-refractivity contribution in [1.29, 1.82) is 0 Å². The topological polar surface area (TPSA) is 91.4 Å². The van der Waals surface area contributed by atoms with Gasteiger partial charge < -0.3 is 10.2 Å². The summed E-state index contributed by atoms with van der Waals surface area (Å²) in [4.78, 5) is 18.9. The third kappa shape index (κ3) is 4.80. The summed E-state index contributed by atoms with van der Waals surface area (Å²) in [6.45, 7) is 2.06. The maximum atomic E-state index is 12.9. The SMILES string of the molecule is CS(=O)(=O)Nc1cccc(CC(=O)N2CCNCC2c2cccnc2)c1. The number of aromatic nitrogens is 1. The molecule has 1 saturated heterocycles. The van der Waals surface area contributed by atoms with Gasteiger partial charge in [-0.3, -0.25) is 14.5 Å². The molecule has 1 unspecified atom stereocenters. The lowest BCUT2D eigenvalue weighted by Crippen LogP contribution is -2.49. The molecule has 138 valence electrons. The van der Waals surface area contributed by atoms with Crippen LogP contribution >= 0.6 is 0 Å². The lowest BCUT2D eigenvalue weighted by molar-refractivity contribution is -0.133. The van der Waals surface area contributed by atoms with E-state index in [2.05, 4.69) is 15.0 Å². The number of nitrogens with zero attached hydrogens (tertiary/aromatic N) is 2. The molecule has 1 atom stereocenters. The molecule has 1 aromatic heterocycles. The molecule has 0 aliphatic carbocycles. The predicted octanol–water partition coefficient (Wildman–Crippen LogP) is 1.17. The Morgan fingerprint density at radius 1 is 1.35 bits per heavy atom. The first-order valence-electron chi connectivity index (χ1n) is 8.39. The van der Waals surface area contributed by atoms with E-state index in [4.69, 9.17) is 0 Å². The van der Waals surface area contributed by atoms with Crippen LogP contribution in [0.25, 0.3) is 0 Å². The fourth-order valence-corrected chi connectivity index (χ4v) is 3.66. The second-order valence-corrected chi connectivity index (χ2v) is 8.09. The zero-order valence-electron chi connectivity index (χ0n) is 14.6. The summed E-state index contributed by atoms with van der Waals surface area (Å²) in [6.07, 6.45) is 4.82. The largest absolute Gasteiger partial charge is 0.333 e. The van der Waals surface area contributed by atoms with Crippen molar-refractivity contribution in [3.8, 4) is 0 Å². The molecule has 3 rings (SSSR count). The maximum Gasteiger partial charge on any atom is 0.229 e. The minimum absolute atomic E-state index is 0.0110. The van der Waals surface area contributed by atoms with Gasteiger partial charge >= 0.3 is 0 Å². The van der Waals surface area contributed by atoms with E-state index in [1.54, 1.807) is 30.6 Å². The Kier molecular flexibility index (Phi) is 5.53. The van der Waals surface area contributed by atoms with Crippen molar-refractivity contribution in [3.63, 3.8) is 0 Å². The van der Waals surface area contributed by atoms with Crippen LogP contribution in [-0.2, 0) is 21.2 Å². The molecule has 0 spiro atoms. The van der Waals surface area contributed by atoms with Crippen molar-refractivity contribution in [3.05, 3.63) is 59.9 Å². The highest BCUT2D eigenvalue weighted by molar-refractivity contribution is 7.92. The molecule has 0 saturated carbocycles. The molecule has 2 aromatic rings. The normalized spacial score (nSPS) is 17.7. The summed E-state index contributed by atoms with van der Waals surface area (Å²) >= 11 is 0. The summed E-state index contributed by atoms with van der Waals surface area (Å²) in [5.74, 6) is 0.0110. The molecule has 0 radical (unpaired) electrons. The lowest BCUT2D eigenvalue weighted by atomic mass is 10.0. The summed E-state index contributed by atoms with van der Waals surface area (Å²) in [5, 5.41) is 3.32. The van der Waals surface area contributed by atoms with Gasteiger partial charge in [0.2, 0.25) is 15.9 Å². The number of hydrogen-bond acceptors (Lipinski definition) is 5. The van der Waals surface area contributed by atoms with Gasteiger partial charge in [0.25, 0.3) is 0 Å². The molecule has 2 N–H and O–H groups in total. The number of piperazine rings is 1. The highest BCUT2D eigenvalue weighted by Gasteiger charge is 2.27. The average Bonchev–Trinajstić information content (AvgIpc) is 2.61. The predicted molar refractivity (Wildman–Crippen MR) is 100 cm³/mol. The van der Waals surface area contributed by atoms with Gasteiger partial charge in [-0.25, -0.2) is 8.42 Å². The fraction of sp³-hybridized carbons (Fsp3) is 0.333. The van der Waals surface area contributed by atoms with Crippen molar-refractivity contribution in [2.75, 3.05) is 30.6 Å².